The lowest BCUT2D eigenvalue weighted by Gasteiger charge is -2.33. The predicted octanol–water partition coefficient (Wildman–Crippen LogP) is 5.66. The number of hydrogen-bond acceptors (Lipinski definition) is 4. The minimum Gasteiger partial charge on any atom is -0.495 e. The van der Waals surface area contributed by atoms with Crippen molar-refractivity contribution in [3.63, 3.8) is 0 Å². The Balaban J connectivity index is 1.67. The summed E-state index contributed by atoms with van der Waals surface area (Å²) in [6, 6.07) is 3.36. The number of ether oxygens (including phenoxy) is 1. The molecule has 0 aliphatic carbocycles. The fourth-order valence-corrected chi connectivity index (χ4v) is 4.32. The van der Waals surface area contributed by atoms with Crippen molar-refractivity contribution in [2.24, 2.45) is 5.92 Å². The fourth-order valence-electron chi connectivity index (χ4n) is 3.50. The molecule has 0 spiro atoms. The molecule has 0 N–H and O–H groups in total. The van der Waals surface area contributed by atoms with Crippen LogP contribution in [-0.2, 0) is 17.5 Å². The number of rotatable bonds is 5. The normalized spacial score (nSPS) is 15.5. The molecule has 1 aromatic carbocycles. The van der Waals surface area contributed by atoms with E-state index >= 15 is 0 Å². The first-order chi connectivity index (χ1) is 14.0. The Morgan fingerprint density at radius 3 is 2.37 bits per heavy atom. The van der Waals surface area contributed by atoms with Gasteiger partial charge >= 0.3 is 6.18 Å². The van der Waals surface area contributed by atoms with Gasteiger partial charge in [-0.3, -0.25) is 9.48 Å². The van der Waals surface area contributed by atoms with E-state index in [0.717, 1.165) is 10.4 Å². The number of benzene rings is 1. The standard InChI is InChI=1S/C19H19Cl3F3N3O2/c1-10-17(22)18(19(23,24)25)26-28(10)9-15(29)11-3-5-27(6-4-11)14-8-16(30-2)13(21)7-12(14)20/h7-8,11H,3-6,9H2,1-2H3. The van der Waals surface area contributed by atoms with Gasteiger partial charge in [0.25, 0.3) is 0 Å². The molecule has 3 rings (SSSR count). The number of nitrogens with zero attached hydrogens (tertiary/aromatic N) is 3. The molecule has 1 aromatic heterocycles. The molecule has 1 aliphatic rings. The number of Topliss-reactive ketones (excluding diaryl/α,β-unsaturated/α-hetero) is 1. The summed E-state index contributed by atoms with van der Waals surface area (Å²) in [5.41, 5.74) is -0.293. The van der Waals surface area contributed by atoms with Crippen LogP contribution in [0.3, 0.4) is 0 Å². The van der Waals surface area contributed by atoms with Crippen LogP contribution in [0.1, 0.15) is 24.2 Å². The minimum atomic E-state index is -4.67. The molecule has 164 valence electrons. The fraction of sp³-hybridized carbons (Fsp3) is 0.474. The summed E-state index contributed by atoms with van der Waals surface area (Å²) in [4.78, 5) is 14.7. The second-order valence-electron chi connectivity index (χ2n) is 7.07. The number of piperidine rings is 1. The van der Waals surface area contributed by atoms with Crippen LogP contribution >= 0.6 is 34.8 Å². The van der Waals surface area contributed by atoms with Crippen LogP contribution < -0.4 is 9.64 Å². The Kier molecular flexibility index (Phi) is 6.79. The Hall–Kier alpha value is -1.64. The van der Waals surface area contributed by atoms with E-state index in [-0.39, 0.29) is 23.9 Å². The first-order valence-corrected chi connectivity index (χ1v) is 10.3. The van der Waals surface area contributed by atoms with Gasteiger partial charge in [-0.1, -0.05) is 34.8 Å². The number of anilines is 1. The van der Waals surface area contributed by atoms with Crippen LogP contribution in [0.15, 0.2) is 12.1 Å². The van der Waals surface area contributed by atoms with Crippen LogP contribution in [0, 0.1) is 12.8 Å². The zero-order chi connectivity index (χ0) is 22.2. The number of methoxy groups -OCH3 is 1. The summed E-state index contributed by atoms with van der Waals surface area (Å²) in [5, 5.41) is 3.91. The maximum atomic E-state index is 13.0. The topological polar surface area (TPSA) is 47.4 Å². The molecular weight excluding hydrogens is 466 g/mol. The lowest BCUT2D eigenvalue weighted by atomic mass is 9.92. The molecule has 0 saturated carbocycles. The highest BCUT2D eigenvalue weighted by atomic mass is 35.5. The molecule has 30 heavy (non-hydrogen) atoms. The number of ketones is 1. The highest BCUT2D eigenvalue weighted by Gasteiger charge is 2.38. The molecule has 5 nitrogen and oxygen atoms in total. The lowest BCUT2D eigenvalue weighted by Crippen LogP contribution is -2.37. The maximum absolute atomic E-state index is 13.0. The summed E-state index contributed by atoms with van der Waals surface area (Å²) >= 11 is 18.1. The summed E-state index contributed by atoms with van der Waals surface area (Å²) in [6.45, 7) is 2.29. The molecule has 1 fully saturated rings. The predicted molar refractivity (Wildman–Crippen MR) is 110 cm³/mol. The summed E-state index contributed by atoms with van der Waals surface area (Å²) < 4.78 is 45.2. The average Bonchev–Trinajstić information content (AvgIpc) is 2.97. The second-order valence-corrected chi connectivity index (χ2v) is 8.26. The van der Waals surface area contributed by atoms with Crippen molar-refractivity contribution < 1.29 is 22.7 Å². The van der Waals surface area contributed by atoms with Gasteiger partial charge in [-0.2, -0.15) is 18.3 Å². The average molecular weight is 485 g/mol. The molecule has 0 atom stereocenters. The third-order valence-electron chi connectivity index (χ3n) is 5.22. The van der Waals surface area contributed by atoms with Gasteiger partial charge in [0.1, 0.15) is 12.3 Å². The SMILES string of the molecule is COc1cc(N2CCC(C(=O)Cn3nc(C(F)(F)F)c(Cl)c3C)CC2)c(Cl)cc1Cl. The van der Waals surface area contributed by atoms with Crippen LogP contribution in [-0.4, -0.2) is 35.8 Å². The van der Waals surface area contributed by atoms with Gasteiger partial charge in [0.2, 0.25) is 0 Å². The number of aromatic nitrogens is 2. The molecule has 1 saturated heterocycles. The van der Waals surface area contributed by atoms with E-state index in [4.69, 9.17) is 39.5 Å². The third-order valence-corrected chi connectivity index (χ3v) is 6.27. The van der Waals surface area contributed by atoms with Gasteiger partial charge in [0, 0.05) is 25.1 Å². The monoisotopic (exact) mass is 483 g/mol. The summed E-state index contributed by atoms with van der Waals surface area (Å²) in [5.74, 6) is 0.0390. The molecular formula is C19H19Cl3F3N3O2. The van der Waals surface area contributed by atoms with Gasteiger partial charge < -0.3 is 9.64 Å². The molecule has 0 bridgehead atoms. The van der Waals surface area contributed by atoms with Gasteiger partial charge in [-0.15, -0.1) is 0 Å². The first-order valence-electron chi connectivity index (χ1n) is 9.13. The lowest BCUT2D eigenvalue weighted by molar-refractivity contribution is -0.141. The van der Waals surface area contributed by atoms with Crippen molar-refractivity contribution in [2.75, 3.05) is 25.1 Å². The molecule has 2 aromatic rings. The van der Waals surface area contributed by atoms with Crippen LogP contribution in [0.5, 0.6) is 5.75 Å². The quantitative estimate of drug-likeness (QED) is 0.549. The van der Waals surface area contributed by atoms with E-state index in [9.17, 15) is 18.0 Å². The molecule has 0 unspecified atom stereocenters. The molecule has 0 radical (unpaired) electrons. The van der Waals surface area contributed by atoms with E-state index in [1.54, 1.807) is 12.1 Å². The smallest absolute Gasteiger partial charge is 0.436 e. The number of hydrogen-bond donors (Lipinski definition) is 0. The van der Waals surface area contributed by atoms with Crippen molar-refractivity contribution in [1.29, 1.82) is 0 Å². The van der Waals surface area contributed by atoms with E-state index < -0.39 is 16.9 Å². The zero-order valence-electron chi connectivity index (χ0n) is 16.2. The first kappa shape index (κ1) is 23.0. The maximum Gasteiger partial charge on any atom is 0.436 e. The Morgan fingerprint density at radius 2 is 1.83 bits per heavy atom. The van der Waals surface area contributed by atoms with Crippen LogP contribution in [0.2, 0.25) is 15.1 Å². The largest absolute Gasteiger partial charge is 0.495 e. The summed E-state index contributed by atoms with van der Waals surface area (Å²) in [6.07, 6.45) is -3.58. The van der Waals surface area contributed by atoms with Crippen LogP contribution in [0.25, 0.3) is 0 Å². The summed E-state index contributed by atoms with van der Waals surface area (Å²) in [7, 11) is 1.51. The van der Waals surface area contributed by atoms with E-state index in [2.05, 4.69) is 5.10 Å². The van der Waals surface area contributed by atoms with Crippen LogP contribution in [0.4, 0.5) is 18.9 Å². The van der Waals surface area contributed by atoms with E-state index in [1.807, 2.05) is 4.90 Å². The van der Waals surface area contributed by atoms with Crippen molar-refractivity contribution in [1.82, 2.24) is 9.78 Å². The third kappa shape index (κ3) is 4.65. The Labute approximate surface area is 186 Å². The highest BCUT2D eigenvalue weighted by molar-refractivity contribution is 6.37. The number of carbonyl (C=O) groups is 1. The number of alkyl halides is 3. The van der Waals surface area contributed by atoms with Crippen molar-refractivity contribution >= 4 is 46.3 Å². The molecule has 0 amide bonds. The van der Waals surface area contributed by atoms with Gasteiger partial charge in [-0.25, -0.2) is 0 Å². The number of carbonyl (C=O) groups excluding carboxylic acids is 1. The molecule has 2 heterocycles. The van der Waals surface area contributed by atoms with Crippen molar-refractivity contribution in [3.05, 3.63) is 38.6 Å². The van der Waals surface area contributed by atoms with Crippen molar-refractivity contribution in [2.45, 2.75) is 32.5 Å². The van der Waals surface area contributed by atoms with Crippen molar-refractivity contribution in [3.8, 4) is 5.75 Å². The second kappa shape index (κ2) is 8.85. The molecule has 11 heteroatoms. The van der Waals surface area contributed by atoms with Gasteiger partial charge in [0.15, 0.2) is 11.5 Å². The Bertz CT molecular complexity index is 955. The van der Waals surface area contributed by atoms with E-state index in [1.165, 1.54) is 14.0 Å². The Morgan fingerprint density at radius 1 is 1.20 bits per heavy atom. The minimum absolute atomic E-state index is 0.120. The van der Waals surface area contributed by atoms with Gasteiger partial charge in [0.05, 0.1) is 33.6 Å². The zero-order valence-corrected chi connectivity index (χ0v) is 18.5. The molecule has 1 aliphatic heterocycles. The number of halogens is 6. The van der Waals surface area contributed by atoms with E-state index in [0.29, 0.717) is 41.7 Å². The van der Waals surface area contributed by atoms with Gasteiger partial charge in [-0.05, 0) is 25.8 Å². The highest BCUT2D eigenvalue weighted by Crippen LogP contribution is 2.38.